The molecule has 0 fully saturated rings. The van der Waals surface area contributed by atoms with E-state index in [0.29, 0.717) is 24.8 Å². The molecular formula is C18H27ClN2O4. The zero-order valence-corrected chi connectivity index (χ0v) is 15.7. The van der Waals surface area contributed by atoms with E-state index in [1.54, 1.807) is 6.07 Å². The Balaban J connectivity index is 2.44. The molecule has 0 aliphatic carbocycles. The van der Waals surface area contributed by atoms with Gasteiger partial charge in [-0.3, -0.25) is 0 Å². The number of benzene rings is 1. The molecule has 0 unspecified atom stereocenters. The molecule has 0 saturated heterocycles. The van der Waals surface area contributed by atoms with Gasteiger partial charge in [0.15, 0.2) is 0 Å². The summed E-state index contributed by atoms with van der Waals surface area (Å²) in [7, 11) is 0. The number of carbonyl (C=O) groups excluding carboxylic acids is 2. The third-order valence-electron chi connectivity index (χ3n) is 3.43. The van der Waals surface area contributed by atoms with Crippen LogP contribution in [0.3, 0.4) is 0 Å². The molecule has 1 aromatic rings. The van der Waals surface area contributed by atoms with Crippen molar-refractivity contribution in [1.29, 1.82) is 0 Å². The van der Waals surface area contributed by atoms with Gasteiger partial charge in [0.05, 0.1) is 13.2 Å². The van der Waals surface area contributed by atoms with Gasteiger partial charge < -0.3 is 20.1 Å². The van der Waals surface area contributed by atoms with Crippen molar-refractivity contribution in [2.45, 2.75) is 52.6 Å². The summed E-state index contributed by atoms with van der Waals surface area (Å²) in [5, 5.41) is 5.90. The molecular weight excluding hydrogens is 344 g/mol. The van der Waals surface area contributed by atoms with Gasteiger partial charge in [-0.05, 0) is 30.0 Å². The van der Waals surface area contributed by atoms with Gasteiger partial charge in [0.2, 0.25) is 0 Å². The van der Waals surface area contributed by atoms with Crippen LogP contribution in [0.2, 0.25) is 5.02 Å². The Kier molecular flexibility index (Phi) is 10.5. The molecule has 1 aromatic carbocycles. The minimum atomic E-state index is -0.465. The van der Waals surface area contributed by atoms with Crippen LogP contribution in [0.5, 0.6) is 0 Å². The number of hydrogen-bond donors (Lipinski definition) is 2. The van der Waals surface area contributed by atoms with Crippen LogP contribution in [0.15, 0.2) is 18.2 Å². The van der Waals surface area contributed by atoms with E-state index in [2.05, 4.69) is 10.6 Å². The SMILES string of the molecule is CCCCOC(=O)NCc1ccc(Cl)c(CNC(=O)OCCCC)c1. The number of ether oxygens (including phenoxy) is 2. The van der Waals surface area contributed by atoms with Crippen molar-refractivity contribution in [3.8, 4) is 0 Å². The Morgan fingerprint density at radius 3 is 2.08 bits per heavy atom. The predicted octanol–water partition coefficient (Wildman–Crippen LogP) is 4.39. The molecule has 0 saturated carbocycles. The maximum absolute atomic E-state index is 11.6. The second-order valence-corrected chi connectivity index (χ2v) is 6.02. The van der Waals surface area contributed by atoms with E-state index >= 15 is 0 Å². The molecule has 1 rings (SSSR count). The van der Waals surface area contributed by atoms with Crippen molar-refractivity contribution >= 4 is 23.8 Å². The van der Waals surface area contributed by atoms with Crippen molar-refractivity contribution in [3.63, 3.8) is 0 Å². The highest BCUT2D eigenvalue weighted by atomic mass is 35.5. The molecule has 2 amide bonds. The number of amides is 2. The summed E-state index contributed by atoms with van der Waals surface area (Å²) in [6, 6.07) is 5.39. The molecule has 25 heavy (non-hydrogen) atoms. The van der Waals surface area contributed by atoms with Crippen molar-refractivity contribution in [1.82, 2.24) is 10.6 Å². The summed E-state index contributed by atoms with van der Waals surface area (Å²) in [4.78, 5) is 23.1. The highest BCUT2D eigenvalue weighted by Crippen LogP contribution is 2.17. The summed E-state index contributed by atoms with van der Waals surface area (Å²) in [5.41, 5.74) is 1.63. The van der Waals surface area contributed by atoms with Crippen LogP contribution in [-0.4, -0.2) is 25.4 Å². The van der Waals surface area contributed by atoms with Crippen LogP contribution < -0.4 is 10.6 Å². The van der Waals surface area contributed by atoms with Crippen LogP contribution in [-0.2, 0) is 22.6 Å². The van der Waals surface area contributed by atoms with Gasteiger partial charge >= 0.3 is 12.2 Å². The number of unbranched alkanes of at least 4 members (excludes halogenated alkanes) is 2. The molecule has 140 valence electrons. The number of alkyl carbamates (subject to hydrolysis) is 2. The zero-order valence-electron chi connectivity index (χ0n) is 14.9. The lowest BCUT2D eigenvalue weighted by Crippen LogP contribution is -2.25. The standard InChI is InChI=1S/C18H27ClN2O4/c1-3-5-9-24-17(22)20-12-14-7-8-16(19)15(11-14)13-21-18(23)25-10-6-4-2/h7-8,11H,3-6,9-10,12-13H2,1-2H3,(H,20,22)(H,21,23). The maximum Gasteiger partial charge on any atom is 0.407 e. The Labute approximate surface area is 154 Å². The fraction of sp³-hybridized carbons (Fsp3) is 0.556. The van der Waals surface area contributed by atoms with Crippen LogP contribution in [0.4, 0.5) is 9.59 Å². The Bertz CT molecular complexity index is 552. The quantitative estimate of drug-likeness (QED) is 0.599. The number of carbonyl (C=O) groups is 2. The van der Waals surface area contributed by atoms with Gasteiger partial charge in [-0.1, -0.05) is 50.4 Å². The second-order valence-electron chi connectivity index (χ2n) is 5.61. The normalized spacial score (nSPS) is 10.2. The summed E-state index contributed by atoms with van der Waals surface area (Å²) in [6.07, 6.45) is 2.72. The van der Waals surface area contributed by atoms with E-state index in [9.17, 15) is 9.59 Å². The lowest BCUT2D eigenvalue weighted by Gasteiger charge is -2.11. The monoisotopic (exact) mass is 370 g/mol. The van der Waals surface area contributed by atoms with Gasteiger partial charge in [0.1, 0.15) is 0 Å². The maximum atomic E-state index is 11.6. The van der Waals surface area contributed by atoms with Crippen LogP contribution >= 0.6 is 11.6 Å². The lowest BCUT2D eigenvalue weighted by atomic mass is 10.1. The highest BCUT2D eigenvalue weighted by molar-refractivity contribution is 6.31. The molecule has 0 heterocycles. The number of hydrogen-bond acceptors (Lipinski definition) is 4. The van der Waals surface area contributed by atoms with Crippen LogP contribution in [0.1, 0.15) is 50.7 Å². The fourth-order valence-electron chi connectivity index (χ4n) is 1.94. The second kappa shape index (κ2) is 12.4. The lowest BCUT2D eigenvalue weighted by molar-refractivity contribution is 0.143. The smallest absolute Gasteiger partial charge is 0.407 e. The molecule has 0 bridgehead atoms. The van der Waals surface area contributed by atoms with E-state index in [0.717, 1.165) is 36.8 Å². The third-order valence-corrected chi connectivity index (χ3v) is 3.80. The van der Waals surface area contributed by atoms with Crippen LogP contribution in [0, 0.1) is 0 Å². The summed E-state index contributed by atoms with van der Waals surface area (Å²) < 4.78 is 10.1. The molecule has 0 atom stereocenters. The molecule has 0 spiro atoms. The summed E-state index contributed by atoms with van der Waals surface area (Å²) in [6.45, 7) is 5.47. The largest absolute Gasteiger partial charge is 0.450 e. The third kappa shape index (κ3) is 9.19. The first-order chi connectivity index (χ1) is 12.1. The first-order valence-electron chi connectivity index (χ1n) is 8.65. The molecule has 0 radical (unpaired) electrons. The van der Waals surface area contributed by atoms with Gasteiger partial charge in [-0.2, -0.15) is 0 Å². The number of halogens is 1. The number of rotatable bonds is 10. The van der Waals surface area contributed by atoms with Crippen molar-refractivity contribution in [2.24, 2.45) is 0 Å². The average Bonchev–Trinajstić information content (AvgIpc) is 2.60. The van der Waals surface area contributed by atoms with Crippen molar-refractivity contribution in [3.05, 3.63) is 34.3 Å². The first kappa shape index (κ1) is 21.1. The minimum Gasteiger partial charge on any atom is -0.450 e. The Hall–Kier alpha value is -1.95. The van der Waals surface area contributed by atoms with E-state index < -0.39 is 12.2 Å². The van der Waals surface area contributed by atoms with E-state index in [-0.39, 0.29) is 6.54 Å². The predicted molar refractivity (Wildman–Crippen MR) is 97.6 cm³/mol. The van der Waals surface area contributed by atoms with Crippen molar-refractivity contribution in [2.75, 3.05) is 13.2 Å². The zero-order chi connectivity index (χ0) is 18.5. The molecule has 0 aliphatic heterocycles. The van der Waals surface area contributed by atoms with Crippen LogP contribution in [0.25, 0.3) is 0 Å². The Morgan fingerprint density at radius 2 is 1.52 bits per heavy atom. The van der Waals surface area contributed by atoms with Gasteiger partial charge in [-0.25, -0.2) is 9.59 Å². The molecule has 7 heteroatoms. The summed E-state index contributed by atoms with van der Waals surface area (Å²) >= 11 is 6.15. The fourth-order valence-corrected chi connectivity index (χ4v) is 2.12. The van der Waals surface area contributed by atoms with E-state index in [1.165, 1.54) is 0 Å². The average molecular weight is 371 g/mol. The van der Waals surface area contributed by atoms with Gasteiger partial charge in [0, 0.05) is 18.1 Å². The number of nitrogens with one attached hydrogen (secondary N) is 2. The molecule has 2 N–H and O–H groups in total. The molecule has 6 nitrogen and oxygen atoms in total. The molecule has 0 aliphatic rings. The van der Waals surface area contributed by atoms with E-state index in [4.69, 9.17) is 21.1 Å². The summed E-state index contributed by atoms with van der Waals surface area (Å²) in [5.74, 6) is 0. The van der Waals surface area contributed by atoms with Gasteiger partial charge in [-0.15, -0.1) is 0 Å². The first-order valence-corrected chi connectivity index (χ1v) is 9.03. The van der Waals surface area contributed by atoms with E-state index in [1.807, 2.05) is 26.0 Å². The molecule has 0 aromatic heterocycles. The highest BCUT2D eigenvalue weighted by Gasteiger charge is 2.07. The van der Waals surface area contributed by atoms with Gasteiger partial charge in [0.25, 0.3) is 0 Å². The minimum absolute atomic E-state index is 0.262. The van der Waals surface area contributed by atoms with Crippen molar-refractivity contribution < 1.29 is 19.1 Å². The Morgan fingerprint density at radius 1 is 0.960 bits per heavy atom. The topological polar surface area (TPSA) is 76.7 Å².